The molecule has 1 aliphatic carbocycles. The van der Waals surface area contributed by atoms with Gasteiger partial charge in [-0.3, -0.25) is 9.59 Å². The van der Waals surface area contributed by atoms with Gasteiger partial charge in [-0.1, -0.05) is 6.07 Å². The molecule has 1 atom stereocenters. The van der Waals surface area contributed by atoms with E-state index in [4.69, 9.17) is 9.15 Å². The highest BCUT2D eigenvalue weighted by molar-refractivity contribution is 6.11. The molecule has 2 heterocycles. The lowest BCUT2D eigenvalue weighted by molar-refractivity contribution is -0.130. The number of carbonyl (C=O) groups is 2. The molecular weight excluding hydrogens is 402 g/mol. The number of benzene rings is 2. The van der Waals surface area contributed by atoms with Gasteiger partial charge in [-0.2, -0.15) is 0 Å². The van der Waals surface area contributed by atoms with Crippen molar-refractivity contribution in [1.82, 2.24) is 4.90 Å². The van der Waals surface area contributed by atoms with Crippen molar-refractivity contribution in [1.29, 1.82) is 0 Å². The number of fused-ring (bicyclic) bond motifs is 3. The van der Waals surface area contributed by atoms with Crippen LogP contribution in [-0.2, 0) is 9.59 Å². The van der Waals surface area contributed by atoms with E-state index in [1.807, 2.05) is 18.2 Å². The number of likely N-dealkylation sites (tertiary alicyclic amines) is 1. The van der Waals surface area contributed by atoms with E-state index in [-0.39, 0.29) is 23.9 Å². The summed E-state index contributed by atoms with van der Waals surface area (Å²) in [5, 5.41) is 3.13. The number of furan rings is 1. The minimum Gasteiger partial charge on any atom is -0.494 e. The van der Waals surface area contributed by atoms with Crippen LogP contribution in [0.1, 0.15) is 56.4 Å². The van der Waals surface area contributed by atoms with Crippen LogP contribution in [0.3, 0.4) is 0 Å². The van der Waals surface area contributed by atoms with Crippen LogP contribution >= 0.6 is 0 Å². The fraction of sp³-hybridized carbons (Fsp3) is 0.481. The molecule has 168 valence electrons. The van der Waals surface area contributed by atoms with Crippen molar-refractivity contribution < 1.29 is 18.7 Å². The topological polar surface area (TPSA) is 59.8 Å². The zero-order valence-corrected chi connectivity index (χ0v) is 18.8. The molecule has 0 amide bonds. The first-order valence-corrected chi connectivity index (χ1v) is 11.9. The lowest BCUT2D eigenvalue weighted by atomic mass is 9.81. The summed E-state index contributed by atoms with van der Waals surface area (Å²) >= 11 is 0. The first-order valence-electron chi connectivity index (χ1n) is 11.9. The van der Waals surface area contributed by atoms with E-state index in [0.29, 0.717) is 12.8 Å². The fourth-order valence-corrected chi connectivity index (χ4v) is 5.33. The van der Waals surface area contributed by atoms with E-state index in [9.17, 15) is 9.59 Å². The minimum absolute atomic E-state index is 0.00511. The van der Waals surface area contributed by atoms with Crippen LogP contribution in [0.4, 0.5) is 0 Å². The number of hydrogen-bond donors (Lipinski definition) is 0. The molecule has 32 heavy (non-hydrogen) atoms. The van der Waals surface area contributed by atoms with Crippen molar-refractivity contribution in [2.75, 3.05) is 26.7 Å². The Kier molecular flexibility index (Phi) is 6.01. The van der Waals surface area contributed by atoms with Crippen molar-refractivity contribution in [3.8, 4) is 5.75 Å². The highest BCUT2D eigenvalue weighted by Gasteiger charge is 2.31. The normalized spacial score (nSPS) is 21.0. The molecule has 1 aliphatic heterocycles. The third-order valence-corrected chi connectivity index (χ3v) is 7.27. The number of hydrogen-bond acceptors (Lipinski definition) is 5. The Labute approximate surface area is 188 Å². The van der Waals surface area contributed by atoms with Crippen LogP contribution in [0.5, 0.6) is 5.75 Å². The first-order chi connectivity index (χ1) is 15.6. The summed E-state index contributed by atoms with van der Waals surface area (Å²) < 4.78 is 11.9. The molecule has 0 unspecified atom stereocenters. The molecule has 0 spiro atoms. The predicted molar refractivity (Wildman–Crippen MR) is 125 cm³/mol. The molecule has 2 fully saturated rings. The molecule has 0 bridgehead atoms. The van der Waals surface area contributed by atoms with Crippen molar-refractivity contribution >= 4 is 33.3 Å². The van der Waals surface area contributed by atoms with Crippen LogP contribution in [0.2, 0.25) is 0 Å². The van der Waals surface area contributed by atoms with Crippen molar-refractivity contribution in [3.05, 3.63) is 42.2 Å². The van der Waals surface area contributed by atoms with Crippen LogP contribution < -0.4 is 4.74 Å². The van der Waals surface area contributed by atoms with Gasteiger partial charge in [-0.25, -0.2) is 0 Å². The van der Waals surface area contributed by atoms with Gasteiger partial charge in [0.2, 0.25) is 0 Å². The minimum atomic E-state index is -0.255. The summed E-state index contributed by atoms with van der Waals surface area (Å²) in [6.45, 7) is 3.16. The van der Waals surface area contributed by atoms with Crippen LogP contribution in [0.25, 0.3) is 21.7 Å². The molecule has 1 saturated heterocycles. The van der Waals surface area contributed by atoms with Crippen LogP contribution in [0.15, 0.2) is 41.0 Å². The van der Waals surface area contributed by atoms with Gasteiger partial charge in [0.25, 0.3) is 0 Å². The maximum atomic E-state index is 12.5. The molecule has 2 aromatic carbocycles. The number of ether oxygens (including phenoxy) is 1. The van der Waals surface area contributed by atoms with Gasteiger partial charge in [0, 0.05) is 23.3 Å². The molecule has 1 aromatic heterocycles. The van der Waals surface area contributed by atoms with E-state index in [1.54, 1.807) is 6.26 Å². The predicted octanol–water partition coefficient (Wildman–Crippen LogP) is 5.49. The lowest BCUT2D eigenvalue weighted by Gasteiger charge is -2.28. The Morgan fingerprint density at radius 2 is 1.94 bits per heavy atom. The first kappa shape index (κ1) is 21.2. The molecule has 0 N–H and O–H groups in total. The van der Waals surface area contributed by atoms with Crippen molar-refractivity contribution in [2.24, 2.45) is 5.92 Å². The second-order valence-electron chi connectivity index (χ2n) is 9.52. The second-order valence-corrected chi connectivity index (χ2v) is 9.52. The van der Waals surface area contributed by atoms with Gasteiger partial charge < -0.3 is 14.1 Å². The number of Topliss-reactive ketones (excluding diaryl/α,β-unsaturated/α-hetero) is 2. The molecule has 5 rings (SSSR count). The molecule has 1 saturated carbocycles. The summed E-state index contributed by atoms with van der Waals surface area (Å²) in [5.41, 5.74) is 1.69. The third kappa shape index (κ3) is 4.31. The average Bonchev–Trinajstić information content (AvgIpc) is 3.22. The number of ketones is 2. The number of piperidine rings is 1. The van der Waals surface area contributed by atoms with Gasteiger partial charge in [0.15, 0.2) is 0 Å². The monoisotopic (exact) mass is 433 g/mol. The number of carbonyl (C=O) groups excluding carboxylic acids is 2. The summed E-state index contributed by atoms with van der Waals surface area (Å²) in [4.78, 5) is 26.6. The van der Waals surface area contributed by atoms with E-state index in [2.05, 4.69) is 24.1 Å². The second kappa shape index (κ2) is 9.07. The van der Waals surface area contributed by atoms with Gasteiger partial charge in [-0.15, -0.1) is 0 Å². The molecule has 5 heteroatoms. The SMILES string of the molecule is CN1CCC(CCCOc2ccc3c(ccc4occ([C@@H]5CCC(=O)CC5=O)c43)c2)CC1. The largest absolute Gasteiger partial charge is 0.494 e. The molecule has 0 radical (unpaired) electrons. The maximum absolute atomic E-state index is 12.5. The zero-order valence-electron chi connectivity index (χ0n) is 18.8. The number of rotatable bonds is 6. The van der Waals surface area contributed by atoms with Crippen LogP contribution in [-0.4, -0.2) is 43.2 Å². The molecule has 3 aromatic rings. The standard InChI is InChI=1S/C27H31NO4/c1-28-12-10-18(11-13-28)3-2-14-31-21-6-8-22-19(15-21)4-9-26-27(22)24(17-32-26)23-7-5-20(29)16-25(23)30/h4,6,8-9,15,17-18,23H,2-3,5,7,10-14,16H2,1H3/t23-/m0/s1. The summed E-state index contributed by atoms with van der Waals surface area (Å²) in [7, 11) is 2.20. The van der Waals surface area contributed by atoms with E-state index >= 15 is 0 Å². The molecule has 2 aliphatic rings. The van der Waals surface area contributed by atoms with Gasteiger partial charge in [-0.05, 0) is 93.2 Å². The van der Waals surface area contributed by atoms with Gasteiger partial charge in [0.1, 0.15) is 22.9 Å². The van der Waals surface area contributed by atoms with Crippen LogP contribution in [0, 0.1) is 5.92 Å². The highest BCUT2D eigenvalue weighted by Crippen LogP contribution is 2.39. The highest BCUT2D eigenvalue weighted by atomic mass is 16.5. The van der Waals surface area contributed by atoms with Crippen molar-refractivity contribution in [2.45, 2.75) is 50.9 Å². The Balaban J connectivity index is 1.30. The van der Waals surface area contributed by atoms with Crippen molar-refractivity contribution in [3.63, 3.8) is 0 Å². The average molecular weight is 434 g/mol. The van der Waals surface area contributed by atoms with E-state index in [1.165, 1.54) is 32.4 Å². The Morgan fingerprint density at radius 3 is 2.75 bits per heavy atom. The Hall–Kier alpha value is -2.66. The lowest BCUT2D eigenvalue weighted by Crippen LogP contribution is -2.30. The smallest absolute Gasteiger partial charge is 0.147 e. The summed E-state index contributed by atoms with van der Waals surface area (Å²) in [6.07, 6.45) is 7.69. The van der Waals surface area contributed by atoms with E-state index < -0.39 is 0 Å². The Morgan fingerprint density at radius 1 is 1.09 bits per heavy atom. The van der Waals surface area contributed by atoms with Gasteiger partial charge >= 0.3 is 0 Å². The number of nitrogens with zero attached hydrogens (tertiary/aromatic N) is 1. The van der Waals surface area contributed by atoms with E-state index in [0.717, 1.165) is 52.0 Å². The maximum Gasteiger partial charge on any atom is 0.147 e. The Bertz CT molecular complexity index is 1140. The fourth-order valence-electron chi connectivity index (χ4n) is 5.33. The quantitative estimate of drug-likeness (QED) is 0.380. The zero-order chi connectivity index (χ0) is 22.1. The molecule has 5 nitrogen and oxygen atoms in total. The van der Waals surface area contributed by atoms with Gasteiger partial charge in [0.05, 0.1) is 19.3 Å². The molecular formula is C27H31NO4. The third-order valence-electron chi connectivity index (χ3n) is 7.27. The summed E-state index contributed by atoms with van der Waals surface area (Å²) in [6, 6.07) is 10.2. The summed E-state index contributed by atoms with van der Waals surface area (Å²) in [5.74, 6) is 1.50.